The Kier molecular flexibility index (Phi) is 6.91. The Morgan fingerprint density at radius 3 is 2.81 bits per heavy atom. The quantitative estimate of drug-likeness (QED) is 0.195. The lowest BCUT2D eigenvalue weighted by atomic mass is 10.0. The van der Waals surface area contributed by atoms with Crippen LogP contribution in [0.2, 0.25) is 5.02 Å². The van der Waals surface area contributed by atoms with Crippen molar-refractivity contribution in [3.63, 3.8) is 0 Å². The minimum absolute atomic E-state index is 0.00661. The third kappa shape index (κ3) is 5.49. The van der Waals surface area contributed by atoms with Gasteiger partial charge in [0.1, 0.15) is 5.82 Å². The van der Waals surface area contributed by atoms with Crippen molar-refractivity contribution in [2.75, 3.05) is 11.9 Å². The standard InChI is InChI=1S/C28H21ClFN5O2/c1-2-37-26(36)13-10-18-6-5-8-19(14-18)22-16-31-28(32-21-11-12-24(30)23(29)15-21)33-27(22)35-17-20-7-3-4-9-25(20)34-35/h3-17H,2H2,1H3,(H,31,32,33)/b13-10+. The Labute approximate surface area is 217 Å². The average molecular weight is 514 g/mol. The van der Waals surface area contributed by atoms with Crippen LogP contribution in [0.4, 0.5) is 16.0 Å². The zero-order valence-corrected chi connectivity index (χ0v) is 20.5. The highest BCUT2D eigenvalue weighted by Gasteiger charge is 2.14. The van der Waals surface area contributed by atoms with Gasteiger partial charge in [-0.25, -0.2) is 18.9 Å². The van der Waals surface area contributed by atoms with Gasteiger partial charge in [0, 0.05) is 35.1 Å². The summed E-state index contributed by atoms with van der Waals surface area (Å²) in [5, 5.41) is 8.72. The predicted molar refractivity (Wildman–Crippen MR) is 142 cm³/mol. The molecule has 9 heteroatoms. The number of ether oxygens (including phenoxy) is 1. The predicted octanol–water partition coefficient (Wildman–Crippen LogP) is 6.59. The number of carbonyl (C=O) groups excluding carboxylic acids is 1. The topological polar surface area (TPSA) is 81.9 Å². The van der Waals surface area contributed by atoms with Gasteiger partial charge in [-0.2, -0.15) is 10.1 Å². The number of carbonyl (C=O) groups is 1. The molecule has 1 N–H and O–H groups in total. The summed E-state index contributed by atoms with van der Waals surface area (Å²) in [6, 6.07) is 19.7. The SMILES string of the molecule is CCOC(=O)/C=C/c1cccc(-c2cnc(Nc3ccc(F)c(Cl)c3)nc2-n2cc3ccccc3n2)c1. The molecule has 0 saturated heterocycles. The van der Waals surface area contributed by atoms with Crippen LogP contribution in [0.15, 0.2) is 85.2 Å². The Morgan fingerprint density at radius 1 is 1.14 bits per heavy atom. The molecule has 5 aromatic rings. The van der Waals surface area contributed by atoms with Gasteiger partial charge in [0.2, 0.25) is 5.95 Å². The van der Waals surface area contributed by atoms with Crippen molar-refractivity contribution >= 4 is 46.2 Å². The molecular formula is C28H21ClFN5O2. The Hall–Kier alpha value is -4.56. The van der Waals surface area contributed by atoms with Gasteiger partial charge in [0.05, 0.1) is 17.1 Å². The lowest BCUT2D eigenvalue weighted by Crippen LogP contribution is -2.06. The summed E-state index contributed by atoms with van der Waals surface area (Å²) in [6.07, 6.45) is 6.67. The molecule has 0 saturated carbocycles. The molecule has 0 fully saturated rings. The highest BCUT2D eigenvalue weighted by molar-refractivity contribution is 6.31. The molecule has 0 radical (unpaired) electrons. The Bertz CT molecular complexity index is 1600. The zero-order valence-electron chi connectivity index (χ0n) is 19.7. The van der Waals surface area contributed by atoms with E-state index in [1.165, 1.54) is 18.2 Å². The first kappa shape index (κ1) is 24.1. The van der Waals surface area contributed by atoms with Gasteiger partial charge in [-0.15, -0.1) is 0 Å². The largest absolute Gasteiger partial charge is 0.463 e. The van der Waals surface area contributed by atoms with E-state index in [0.29, 0.717) is 24.1 Å². The second-order valence-corrected chi connectivity index (χ2v) is 8.44. The van der Waals surface area contributed by atoms with Gasteiger partial charge < -0.3 is 10.1 Å². The van der Waals surface area contributed by atoms with Crippen LogP contribution in [-0.2, 0) is 9.53 Å². The maximum absolute atomic E-state index is 13.6. The molecule has 0 aliphatic carbocycles. The van der Waals surface area contributed by atoms with E-state index >= 15 is 0 Å². The molecule has 7 nitrogen and oxygen atoms in total. The van der Waals surface area contributed by atoms with Crippen molar-refractivity contribution in [1.29, 1.82) is 0 Å². The summed E-state index contributed by atoms with van der Waals surface area (Å²) in [5.74, 6) is -0.0893. The van der Waals surface area contributed by atoms with E-state index in [9.17, 15) is 9.18 Å². The molecule has 0 aliphatic heterocycles. The number of aromatic nitrogens is 4. The summed E-state index contributed by atoms with van der Waals surface area (Å²) in [5.41, 5.74) is 3.73. The number of nitrogens with zero attached hydrogens (tertiary/aromatic N) is 4. The first-order valence-electron chi connectivity index (χ1n) is 11.5. The van der Waals surface area contributed by atoms with E-state index in [0.717, 1.165) is 27.6 Å². The van der Waals surface area contributed by atoms with Crippen LogP contribution in [0.3, 0.4) is 0 Å². The molecule has 3 aromatic carbocycles. The second kappa shape index (κ2) is 10.6. The first-order chi connectivity index (χ1) is 18.0. The van der Waals surface area contributed by atoms with Gasteiger partial charge in [-0.05, 0) is 54.5 Å². The highest BCUT2D eigenvalue weighted by Crippen LogP contribution is 2.29. The van der Waals surface area contributed by atoms with Crippen LogP contribution in [0, 0.1) is 5.82 Å². The van der Waals surface area contributed by atoms with Crippen LogP contribution in [-0.4, -0.2) is 32.3 Å². The van der Waals surface area contributed by atoms with Crippen LogP contribution in [0.25, 0.3) is 33.9 Å². The van der Waals surface area contributed by atoms with E-state index in [1.54, 1.807) is 29.9 Å². The van der Waals surface area contributed by atoms with Crippen LogP contribution in [0.5, 0.6) is 0 Å². The van der Waals surface area contributed by atoms with E-state index in [2.05, 4.69) is 10.3 Å². The molecule has 0 spiro atoms. The van der Waals surface area contributed by atoms with Crippen molar-refractivity contribution in [2.45, 2.75) is 6.92 Å². The molecule has 2 heterocycles. The number of halogens is 2. The van der Waals surface area contributed by atoms with Crippen LogP contribution >= 0.6 is 11.6 Å². The van der Waals surface area contributed by atoms with Gasteiger partial charge in [0.15, 0.2) is 5.82 Å². The average Bonchev–Trinajstić information content (AvgIpc) is 3.34. The number of anilines is 2. The normalized spacial score (nSPS) is 11.2. The van der Waals surface area contributed by atoms with E-state index in [-0.39, 0.29) is 5.02 Å². The monoisotopic (exact) mass is 513 g/mol. The second-order valence-electron chi connectivity index (χ2n) is 8.03. The van der Waals surface area contributed by atoms with Crippen molar-refractivity contribution < 1.29 is 13.9 Å². The lowest BCUT2D eigenvalue weighted by Gasteiger charge is -2.12. The van der Waals surface area contributed by atoms with Crippen molar-refractivity contribution in [1.82, 2.24) is 19.7 Å². The fraction of sp³-hybridized carbons (Fsp3) is 0.0714. The van der Waals surface area contributed by atoms with Crippen LogP contribution < -0.4 is 5.32 Å². The molecule has 37 heavy (non-hydrogen) atoms. The minimum atomic E-state index is -0.510. The van der Waals surface area contributed by atoms with E-state index < -0.39 is 11.8 Å². The molecule has 184 valence electrons. The molecule has 0 bridgehead atoms. The molecular weight excluding hydrogens is 493 g/mol. The first-order valence-corrected chi connectivity index (χ1v) is 11.9. The van der Waals surface area contributed by atoms with Gasteiger partial charge in [0.25, 0.3) is 0 Å². The smallest absolute Gasteiger partial charge is 0.330 e. The minimum Gasteiger partial charge on any atom is -0.463 e. The number of fused-ring (bicyclic) bond motifs is 1. The number of hydrogen-bond acceptors (Lipinski definition) is 6. The summed E-state index contributed by atoms with van der Waals surface area (Å²) < 4.78 is 20.3. The number of hydrogen-bond donors (Lipinski definition) is 1. The maximum atomic E-state index is 13.6. The van der Waals surface area contributed by atoms with E-state index in [1.807, 2.05) is 54.7 Å². The number of benzene rings is 3. The summed E-state index contributed by atoms with van der Waals surface area (Å²) in [7, 11) is 0. The molecule has 0 atom stereocenters. The van der Waals surface area contributed by atoms with Gasteiger partial charge in [-0.1, -0.05) is 48.0 Å². The molecule has 5 rings (SSSR count). The molecule has 0 aliphatic rings. The maximum Gasteiger partial charge on any atom is 0.330 e. The fourth-order valence-corrected chi connectivity index (χ4v) is 3.93. The zero-order chi connectivity index (χ0) is 25.8. The van der Waals surface area contributed by atoms with Gasteiger partial charge in [-0.3, -0.25) is 0 Å². The van der Waals surface area contributed by atoms with Gasteiger partial charge >= 0.3 is 5.97 Å². The third-order valence-corrected chi connectivity index (χ3v) is 5.76. The number of esters is 1. The van der Waals surface area contributed by atoms with Crippen molar-refractivity contribution in [2.24, 2.45) is 0 Å². The summed E-state index contributed by atoms with van der Waals surface area (Å²) >= 11 is 5.93. The molecule has 0 unspecified atom stereocenters. The number of rotatable bonds is 7. The van der Waals surface area contributed by atoms with Crippen molar-refractivity contribution in [3.05, 3.63) is 102 Å². The Balaban J connectivity index is 1.57. The molecule has 2 aromatic heterocycles. The summed E-state index contributed by atoms with van der Waals surface area (Å²) in [4.78, 5) is 21.0. The third-order valence-electron chi connectivity index (χ3n) is 5.47. The van der Waals surface area contributed by atoms with Crippen molar-refractivity contribution in [3.8, 4) is 16.9 Å². The highest BCUT2D eigenvalue weighted by atomic mass is 35.5. The molecule has 0 amide bonds. The number of nitrogens with one attached hydrogen (secondary N) is 1. The Morgan fingerprint density at radius 2 is 2.00 bits per heavy atom. The fourth-order valence-electron chi connectivity index (χ4n) is 3.75. The van der Waals surface area contributed by atoms with E-state index in [4.69, 9.17) is 26.4 Å². The lowest BCUT2D eigenvalue weighted by molar-refractivity contribution is -0.137. The van der Waals surface area contributed by atoms with Crippen LogP contribution in [0.1, 0.15) is 12.5 Å². The summed E-state index contributed by atoms with van der Waals surface area (Å²) in [6.45, 7) is 2.07.